The molecule has 2 nitrogen and oxygen atoms in total. The van der Waals surface area contributed by atoms with Crippen molar-refractivity contribution >= 4 is 43.3 Å². The van der Waals surface area contributed by atoms with E-state index in [0.29, 0.717) is 9.86 Å². The van der Waals surface area contributed by atoms with Crippen LogP contribution in [0.5, 0.6) is 0 Å². The number of aromatic carboxylic acids is 1. The van der Waals surface area contributed by atoms with E-state index in [1.54, 1.807) is 0 Å². The molecule has 2 aromatic rings. The topological polar surface area (TPSA) is 37.3 Å². The second-order valence-electron chi connectivity index (χ2n) is 2.72. The van der Waals surface area contributed by atoms with Crippen LogP contribution in [-0.4, -0.2) is 11.1 Å². The van der Waals surface area contributed by atoms with Crippen LogP contribution in [0.15, 0.2) is 22.0 Å². The third kappa shape index (κ3) is 1.42. The van der Waals surface area contributed by atoms with E-state index in [4.69, 9.17) is 5.11 Å². The minimum absolute atomic E-state index is 0.144. The van der Waals surface area contributed by atoms with Crippen molar-refractivity contribution in [3.63, 3.8) is 0 Å². The van der Waals surface area contributed by atoms with E-state index < -0.39 is 11.8 Å². The molecule has 0 amide bonds. The molecular formula is C9H4BrFO2S. The Labute approximate surface area is 91.1 Å². The molecular weight excluding hydrogens is 271 g/mol. The molecule has 14 heavy (non-hydrogen) atoms. The second-order valence-corrected chi connectivity index (χ2v) is 4.45. The highest BCUT2D eigenvalue weighted by Crippen LogP contribution is 2.33. The highest BCUT2D eigenvalue weighted by molar-refractivity contribution is 9.10. The Morgan fingerprint density at radius 2 is 2.21 bits per heavy atom. The molecule has 0 fully saturated rings. The van der Waals surface area contributed by atoms with Gasteiger partial charge in [0.25, 0.3) is 0 Å². The molecule has 5 heteroatoms. The summed E-state index contributed by atoms with van der Waals surface area (Å²) in [5.74, 6) is -1.47. The SMILES string of the molecule is O=C(O)c1csc2c(Br)cc(F)cc12. The number of rotatable bonds is 1. The highest BCUT2D eigenvalue weighted by Gasteiger charge is 2.13. The van der Waals surface area contributed by atoms with E-state index >= 15 is 0 Å². The number of carboxylic acid groups (broad SMARTS) is 1. The van der Waals surface area contributed by atoms with Crippen molar-refractivity contribution in [1.82, 2.24) is 0 Å². The molecule has 1 aromatic carbocycles. The van der Waals surface area contributed by atoms with Crippen LogP contribution >= 0.6 is 27.3 Å². The highest BCUT2D eigenvalue weighted by atomic mass is 79.9. The lowest BCUT2D eigenvalue weighted by atomic mass is 10.2. The average Bonchev–Trinajstić information content (AvgIpc) is 2.47. The maximum Gasteiger partial charge on any atom is 0.337 e. The van der Waals surface area contributed by atoms with Gasteiger partial charge >= 0.3 is 5.97 Å². The maximum atomic E-state index is 13.0. The van der Waals surface area contributed by atoms with Gasteiger partial charge in [0.1, 0.15) is 5.82 Å². The van der Waals surface area contributed by atoms with Crippen LogP contribution in [0.25, 0.3) is 10.1 Å². The van der Waals surface area contributed by atoms with E-state index in [2.05, 4.69) is 15.9 Å². The van der Waals surface area contributed by atoms with Crippen molar-refractivity contribution < 1.29 is 14.3 Å². The standard InChI is InChI=1S/C9H4BrFO2S/c10-7-2-4(11)1-5-6(9(12)13)3-14-8(5)7/h1-3H,(H,12,13). The van der Waals surface area contributed by atoms with Gasteiger partial charge < -0.3 is 5.11 Å². The summed E-state index contributed by atoms with van der Waals surface area (Å²) in [7, 11) is 0. The third-order valence-corrected chi connectivity index (χ3v) is 3.74. The van der Waals surface area contributed by atoms with Crippen LogP contribution in [-0.2, 0) is 0 Å². The molecule has 0 saturated carbocycles. The van der Waals surface area contributed by atoms with E-state index in [-0.39, 0.29) is 5.56 Å². The fraction of sp³-hybridized carbons (Fsp3) is 0. The van der Waals surface area contributed by atoms with Crippen molar-refractivity contribution in [2.24, 2.45) is 0 Å². The molecule has 0 radical (unpaired) electrons. The van der Waals surface area contributed by atoms with Crippen molar-refractivity contribution in [2.75, 3.05) is 0 Å². The lowest BCUT2D eigenvalue weighted by Crippen LogP contribution is -1.93. The quantitative estimate of drug-likeness (QED) is 0.864. The molecule has 0 unspecified atom stereocenters. The van der Waals surface area contributed by atoms with Crippen LogP contribution in [0.1, 0.15) is 10.4 Å². The molecule has 72 valence electrons. The van der Waals surface area contributed by atoms with Gasteiger partial charge in [-0.3, -0.25) is 0 Å². The Hall–Kier alpha value is -0.940. The molecule has 0 aliphatic carbocycles. The number of hydrogen-bond donors (Lipinski definition) is 1. The van der Waals surface area contributed by atoms with Crippen LogP contribution in [0.2, 0.25) is 0 Å². The Bertz CT molecular complexity index is 521. The predicted molar refractivity (Wildman–Crippen MR) is 56.4 cm³/mol. The van der Waals surface area contributed by atoms with E-state index in [1.165, 1.54) is 28.8 Å². The average molecular weight is 275 g/mol. The molecule has 0 saturated heterocycles. The fourth-order valence-corrected chi connectivity index (χ4v) is 2.87. The molecule has 0 aliphatic heterocycles. The number of benzene rings is 1. The number of carbonyl (C=O) groups is 1. The van der Waals surface area contributed by atoms with E-state index in [1.807, 2.05) is 0 Å². The van der Waals surface area contributed by atoms with Gasteiger partial charge in [-0.05, 0) is 28.1 Å². The normalized spacial score (nSPS) is 10.7. The monoisotopic (exact) mass is 274 g/mol. The number of hydrogen-bond acceptors (Lipinski definition) is 2. The minimum Gasteiger partial charge on any atom is -0.478 e. The molecule has 0 spiro atoms. The van der Waals surface area contributed by atoms with Crippen molar-refractivity contribution in [3.8, 4) is 0 Å². The lowest BCUT2D eigenvalue weighted by Gasteiger charge is -1.95. The van der Waals surface area contributed by atoms with Gasteiger partial charge in [-0.25, -0.2) is 9.18 Å². The number of carboxylic acids is 1. The lowest BCUT2D eigenvalue weighted by molar-refractivity contribution is 0.0699. The molecule has 0 atom stereocenters. The second kappa shape index (κ2) is 3.33. The third-order valence-electron chi connectivity index (χ3n) is 1.82. The summed E-state index contributed by atoms with van der Waals surface area (Å²) in [5, 5.41) is 10.8. The summed E-state index contributed by atoms with van der Waals surface area (Å²) >= 11 is 4.47. The van der Waals surface area contributed by atoms with Crippen LogP contribution in [0, 0.1) is 5.82 Å². The molecule has 1 heterocycles. The summed E-state index contributed by atoms with van der Waals surface area (Å²) in [6, 6.07) is 2.56. The number of thiophene rings is 1. The predicted octanol–water partition coefficient (Wildman–Crippen LogP) is 3.50. The zero-order chi connectivity index (χ0) is 10.3. The van der Waals surface area contributed by atoms with Gasteiger partial charge in [0.2, 0.25) is 0 Å². The Balaban J connectivity index is 2.85. The summed E-state index contributed by atoms with van der Waals surface area (Å²) in [6.07, 6.45) is 0. The smallest absolute Gasteiger partial charge is 0.337 e. The van der Waals surface area contributed by atoms with Gasteiger partial charge in [-0.2, -0.15) is 0 Å². The first kappa shape index (κ1) is 9.61. The summed E-state index contributed by atoms with van der Waals surface area (Å²) in [4.78, 5) is 10.8. The minimum atomic E-state index is -1.03. The van der Waals surface area contributed by atoms with Gasteiger partial charge in [0.15, 0.2) is 0 Å². The molecule has 1 N–H and O–H groups in total. The van der Waals surface area contributed by atoms with Crippen molar-refractivity contribution in [2.45, 2.75) is 0 Å². The maximum absolute atomic E-state index is 13.0. The Kier molecular flexibility index (Phi) is 2.28. The van der Waals surface area contributed by atoms with Crippen LogP contribution < -0.4 is 0 Å². The van der Waals surface area contributed by atoms with E-state index in [0.717, 1.165) is 4.70 Å². The van der Waals surface area contributed by atoms with Gasteiger partial charge in [0, 0.05) is 19.9 Å². The first-order valence-electron chi connectivity index (χ1n) is 3.69. The van der Waals surface area contributed by atoms with E-state index in [9.17, 15) is 9.18 Å². The zero-order valence-corrected chi connectivity index (χ0v) is 9.15. The fourth-order valence-electron chi connectivity index (χ4n) is 1.23. The van der Waals surface area contributed by atoms with Gasteiger partial charge in [-0.1, -0.05) is 0 Å². The van der Waals surface area contributed by atoms with Crippen molar-refractivity contribution in [1.29, 1.82) is 0 Å². The van der Waals surface area contributed by atoms with Gasteiger partial charge in [-0.15, -0.1) is 11.3 Å². The molecule has 0 bridgehead atoms. The largest absolute Gasteiger partial charge is 0.478 e. The Morgan fingerprint density at radius 1 is 1.50 bits per heavy atom. The molecule has 1 aromatic heterocycles. The summed E-state index contributed by atoms with van der Waals surface area (Å²) in [5.41, 5.74) is 0.144. The zero-order valence-electron chi connectivity index (χ0n) is 6.75. The summed E-state index contributed by atoms with van der Waals surface area (Å²) in [6.45, 7) is 0. The van der Waals surface area contributed by atoms with Crippen LogP contribution in [0.4, 0.5) is 4.39 Å². The number of fused-ring (bicyclic) bond motifs is 1. The first-order chi connectivity index (χ1) is 6.59. The van der Waals surface area contributed by atoms with Crippen molar-refractivity contribution in [3.05, 3.63) is 33.4 Å². The summed E-state index contributed by atoms with van der Waals surface area (Å²) < 4.78 is 14.3. The first-order valence-corrected chi connectivity index (χ1v) is 5.36. The Morgan fingerprint density at radius 3 is 2.86 bits per heavy atom. The van der Waals surface area contributed by atoms with Crippen LogP contribution in [0.3, 0.4) is 0 Å². The molecule has 2 rings (SSSR count). The van der Waals surface area contributed by atoms with Gasteiger partial charge in [0.05, 0.1) is 5.56 Å². The molecule has 0 aliphatic rings. The number of halogens is 2.